The van der Waals surface area contributed by atoms with Gasteiger partial charge < -0.3 is 4.42 Å². The summed E-state index contributed by atoms with van der Waals surface area (Å²) in [6.45, 7) is 1.68. The molecule has 80 valence electrons. The van der Waals surface area contributed by atoms with E-state index in [2.05, 4.69) is 9.52 Å². The number of aromatic nitrogens is 2. The molecule has 14 heavy (non-hydrogen) atoms. The number of hydrogen-bond acceptors (Lipinski definition) is 5. The van der Waals surface area contributed by atoms with Gasteiger partial charge in [0, 0.05) is 17.1 Å². The minimum absolute atomic E-state index is 0.0891. The van der Waals surface area contributed by atoms with E-state index in [4.69, 9.17) is 10.7 Å². The van der Waals surface area contributed by atoms with Gasteiger partial charge in [0.2, 0.25) is 14.9 Å². The Bertz CT molecular complexity index is 460. The number of halogens is 1. The lowest BCUT2D eigenvalue weighted by atomic mass is 10.5. The van der Waals surface area contributed by atoms with E-state index in [1.165, 1.54) is 0 Å². The van der Waals surface area contributed by atoms with Crippen LogP contribution < -0.4 is 5.76 Å². The SMILES string of the molecule is CCc1nn(CCS(=O)(=O)Cl)c(=O)o1. The van der Waals surface area contributed by atoms with E-state index in [1.54, 1.807) is 6.92 Å². The summed E-state index contributed by atoms with van der Waals surface area (Å²) >= 11 is 0. The molecule has 0 spiro atoms. The molecule has 0 saturated heterocycles. The van der Waals surface area contributed by atoms with E-state index in [9.17, 15) is 13.2 Å². The maximum Gasteiger partial charge on any atom is 0.437 e. The predicted octanol–water partition coefficient (Wildman–Crippen LogP) is -0.0327. The second kappa shape index (κ2) is 4.14. The van der Waals surface area contributed by atoms with Crippen LogP contribution in [0.4, 0.5) is 0 Å². The Morgan fingerprint density at radius 3 is 2.64 bits per heavy atom. The first-order valence-corrected chi connectivity index (χ1v) is 6.39. The normalized spacial score (nSPS) is 11.9. The van der Waals surface area contributed by atoms with E-state index >= 15 is 0 Å². The molecule has 0 unspecified atom stereocenters. The Labute approximate surface area is 84.9 Å². The van der Waals surface area contributed by atoms with E-state index in [0.717, 1.165) is 4.68 Å². The minimum Gasteiger partial charge on any atom is -0.392 e. The molecule has 6 nitrogen and oxygen atoms in total. The lowest BCUT2D eigenvalue weighted by Gasteiger charge is -1.93. The molecule has 0 aliphatic carbocycles. The Balaban J connectivity index is 2.77. The summed E-state index contributed by atoms with van der Waals surface area (Å²) in [6, 6.07) is 0. The first-order chi connectivity index (χ1) is 6.42. The highest BCUT2D eigenvalue weighted by atomic mass is 35.7. The zero-order valence-electron chi connectivity index (χ0n) is 7.43. The second-order valence-corrected chi connectivity index (χ2v) is 5.48. The van der Waals surface area contributed by atoms with Crippen molar-refractivity contribution < 1.29 is 12.8 Å². The van der Waals surface area contributed by atoms with Crippen molar-refractivity contribution in [2.75, 3.05) is 5.75 Å². The largest absolute Gasteiger partial charge is 0.437 e. The molecule has 1 heterocycles. The summed E-state index contributed by atoms with van der Waals surface area (Å²) in [5, 5.41) is 3.75. The zero-order valence-corrected chi connectivity index (χ0v) is 9.01. The van der Waals surface area contributed by atoms with Crippen LogP contribution in [0.1, 0.15) is 12.8 Å². The van der Waals surface area contributed by atoms with Gasteiger partial charge in [-0.2, -0.15) is 4.68 Å². The highest BCUT2D eigenvalue weighted by Gasteiger charge is 2.10. The molecule has 1 aromatic rings. The second-order valence-electron chi connectivity index (χ2n) is 2.58. The van der Waals surface area contributed by atoms with Gasteiger partial charge in [0.15, 0.2) is 0 Å². The zero-order chi connectivity index (χ0) is 10.8. The third-order valence-corrected chi connectivity index (χ3v) is 2.63. The van der Waals surface area contributed by atoms with Gasteiger partial charge in [-0.05, 0) is 0 Å². The lowest BCUT2D eigenvalue weighted by Crippen LogP contribution is -2.19. The quantitative estimate of drug-likeness (QED) is 0.690. The molecular weight excluding hydrogens is 232 g/mol. The molecule has 0 bridgehead atoms. The molecule has 0 saturated carbocycles. The lowest BCUT2D eigenvalue weighted by molar-refractivity contribution is 0.452. The molecule has 0 aliphatic heterocycles. The van der Waals surface area contributed by atoms with Crippen molar-refractivity contribution in [2.45, 2.75) is 19.9 Å². The van der Waals surface area contributed by atoms with Crippen molar-refractivity contribution in [2.24, 2.45) is 0 Å². The molecule has 1 rings (SSSR count). The van der Waals surface area contributed by atoms with Gasteiger partial charge in [0.1, 0.15) is 0 Å². The monoisotopic (exact) mass is 240 g/mol. The van der Waals surface area contributed by atoms with Gasteiger partial charge >= 0.3 is 5.76 Å². The van der Waals surface area contributed by atoms with E-state index in [-0.39, 0.29) is 18.2 Å². The van der Waals surface area contributed by atoms with Crippen molar-refractivity contribution in [3.63, 3.8) is 0 Å². The Morgan fingerprint density at radius 2 is 2.21 bits per heavy atom. The van der Waals surface area contributed by atoms with Crippen molar-refractivity contribution in [1.82, 2.24) is 9.78 Å². The number of aryl methyl sites for hydroxylation is 2. The van der Waals surface area contributed by atoms with Crippen LogP contribution in [-0.2, 0) is 22.0 Å². The summed E-state index contributed by atoms with van der Waals surface area (Å²) in [4.78, 5) is 11.0. The number of nitrogens with zero attached hydrogens (tertiary/aromatic N) is 2. The van der Waals surface area contributed by atoms with Crippen LogP contribution in [0.15, 0.2) is 9.21 Å². The minimum atomic E-state index is -3.61. The average Bonchev–Trinajstić information content (AvgIpc) is 2.42. The molecule has 8 heteroatoms. The van der Waals surface area contributed by atoms with Crippen molar-refractivity contribution in [3.8, 4) is 0 Å². The van der Waals surface area contributed by atoms with Crippen molar-refractivity contribution in [1.29, 1.82) is 0 Å². The summed E-state index contributed by atoms with van der Waals surface area (Å²) in [7, 11) is 1.37. The van der Waals surface area contributed by atoms with E-state index in [0.29, 0.717) is 6.42 Å². The fourth-order valence-electron chi connectivity index (χ4n) is 0.829. The van der Waals surface area contributed by atoms with Crippen molar-refractivity contribution in [3.05, 3.63) is 16.4 Å². The molecule has 0 amide bonds. The van der Waals surface area contributed by atoms with Gasteiger partial charge in [-0.15, -0.1) is 5.10 Å². The molecule has 0 fully saturated rings. The third-order valence-electron chi connectivity index (χ3n) is 1.50. The van der Waals surface area contributed by atoms with Crippen LogP contribution in [0.5, 0.6) is 0 Å². The molecule has 0 atom stereocenters. The molecule has 1 aromatic heterocycles. The Morgan fingerprint density at radius 1 is 1.57 bits per heavy atom. The summed E-state index contributed by atoms with van der Waals surface area (Å²) in [6.07, 6.45) is 0.482. The van der Waals surface area contributed by atoms with Crippen LogP contribution in [0, 0.1) is 0 Å². The predicted molar refractivity (Wildman–Crippen MR) is 49.8 cm³/mol. The average molecular weight is 241 g/mol. The van der Waals surface area contributed by atoms with Crippen molar-refractivity contribution >= 4 is 19.7 Å². The summed E-state index contributed by atoms with van der Waals surface area (Å²) in [5.74, 6) is -0.728. The molecule has 0 aromatic carbocycles. The van der Waals surface area contributed by atoms with Crippen LogP contribution in [0.2, 0.25) is 0 Å². The van der Waals surface area contributed by atoms with Gasteiger partial charge in [0.05, 0.1) is 12.3 Å². The maximum atomic E-state index is 11.0. The topological polar surface area (TPSA) is 82.2 Å². The van der Waals surface area contributed by atoms with E-state index in [1.807, 2.05) is 0 Å². The van der Waals surface area contributed by atoms with Crippen LogP contribution in [0.3, 0.4) is 0 Å². The standard InChI is InChI=1S/C6H9ClN2O4S/c1-2-5-8-9(6(10)13-5)3-4-14(7,11)12/h2-4H2,1H3. The van der Waals surface area contributed by atoms with Crippen LogP contribution >= 0.6 is 10.7 Å². The summed E-state index contributed by atoms with van der Waals surface area (Å²) < 4.78 is 26.8. The Kier molecular flexibility index (Phi) is 3.33. The fraction of sp³-hybridized carbons (Fsp3) is 0.667. The Hall–Kier alpha value is -0.820. The van der Waals surface area contributed by atoms with E-state index < -0.39 is 14.8 Å². The fourth-order valence-corrected chi connectivity index (χ4v) is 1.43. The molecular formula is C6H9ClN2O4S. The molecule has 0 radical (unpaired) electrons. The third kappa shape index (κ3) is 3.15. The van der Waals surface area contributed by atoms with Crippen LogP contribution in [-0.4, -0.2) is 24.0 Å². The smallest absolute Gasteiger partial charge is 0.392 e. The number of hydrogen-bond donors (Lipinski definition) is 0. The summed E-state index contributed by atoms with van der Waals surface area (Å²) in [5.41, 5.74) is 0. The molecule has 0 N–H and O–H groups in total. The maximum absolute atomic E-state index is 11.0. The van der Waals surface area contributed by atoms with Gasteiger partial charge in [-0.3, -0.25) is 0 Å². The number of rotatable bonds is 4. The first kappa shape index (κ1) is 11.3. The molecule has 0 aliphatic rings. The highest BCUT2D eigenvalue weighted by molar-refractivity contribution is 8.13. The van der Waals surface area contributed by atoms with Crippen LogP contribution in [0.25, 0.3) is 0 Å². The van der Waals surface area contributed by atoms with Gasteiger partial charge in [-0.25, -0.2) is 13.2 Å². The first-order valence-electron chi connectivity index (χ1n) is 3.91. The van der Waals surface area contributed by atoms with Gasteiger partial charge in [0.25, 0.3) is 0 Å². The highest BCUT2D eigenvalue weighted by Crippen LogP contribution is 1.97. The van der Waals surface area contributed by atoms with Gasteiger partial charge in [-0.1, -0.05) is 6.92 Å².